The molecule has 0 amide bonds. The summed E-state index contributed by atoms with van der Waals surface area (Å²) < 4.78 is 57.7. The van der Waals surface area contributed by atoms with Crippen LogP contribution in [0.25, 0.3) is 0 Å². The number of aryl methyl sites for hydroxylation is 1. The first-order chi connectivity index (χ1) is 15.0. The van der Waals surface area contributed by atoms with Crippen molar-refractivity contribution in [3.8, 4) is 5.75 Å². The number of H-pyrrole nitrogens is 1. The Morgan fingerprint density at radius 2 is 1.88 bits per heavy atom. The smallest absolute Gasteiger partial charge is 0.266 e. The summed E-state index contributed by atoms with van der Waals surface area (Å²) in [6.45, 7) is 1.47. The molecular formula is C20H19BrF2N4O4S. The Bertz CT molecular complexity index is 1300. The zero-order valence-electron chi connectivity index (χ0n) is 17.1. The van der Waals surface area contributed by atoms with Crippen molar-refractivity contribution in [3.63, 3.8) is 0 Å². The van der Waals surface area contributed by atoms with Gasteiger partial charge in [-0.15, -0.1) is 0 Å². The van der Waals surface area contributed by atoms with E-state index in [1.54, 1.807) is 6.92 Å². The van der Waals surface area contributed by atoms with Gasteiger partial charge >= 0.3 is 0 Å². The number of hydrogen-bond acceptors (Lipinski definition) is 6. The van der Waals surface area contributed by atoms with E-state index in [-0.39, 0.29) is 35.4 Å². The fourth-order valence-electron chi connectivity index (χ4n) is 2.81. The van der Waals surface area contributed by atoms with Gasteiger partial charge in [-0.3, -0.25) is 14.8 Å². The minimum Gasteiger partial charge on any atom is -0.487 e. The molecule has 12 heteroatoms. The monoisotopic (exact) mass is 528 g/mol. The number of aromatic amines is 1. The zero-order valence-corrected chi connectivity index (χ0v) is 19.5. The lowest BCUT2D eigenvalue weighted by Crippen LogP contribution is -2.22. The molecule has 32 heavy (non-hydrogen) atoms. The summed E-state index contributed by atoms with van der Waals surface area (Å²) in [5.41, 5.74) is 1.79. The molecule has 170 valence electrons. The lowest BCUT2D eigenvalue weighted by atomic mass is 10.1. The van der Waals surface area contributed by atoms with E-state index in [0.717, 1.165) is 18.4 Å². The summed E-state index contributed by atoms with van der Waals surface area (Å²) in [4.78, 5) is 23.4. The maximum atomic E-state index is 14.0. The van der Waals surface area contributed by atoms with Gasteiger partial charge in [0.25, 0.3) is 5.56 Å². The summed E-state index contributed by atoms with van der Waals surface area (Å²) >= 11 is 3.21. The number of sulfonamides is 1. The average Bonchev–Trinajstić information content (AvgIpc) is 2.71. The third kappa shape index (κ3) is 6.17. The number of hydrogen-bond donors (Lipinski definition) is 2. The maximum Gasteiger partial charge on any atom is 0.266 e. The largest absolute Gasteiger partial charge is 0.487 e. The molecular weight excluding hydrogens is 510 g/mol. The highest BCUT2D eigenvalue weighted by Gasteiger charge is 2.18. The topological polar surface area (TPSA) is 114 Å². The Balaban J connectivity index is 1.84. The van der Waals surface area contributed by atoms with E-state index < -0.39 is 27.2 Å². The summed E-state index contributed by atoms with van der Waals surface area (Å²) in [6.07, 6.45) is 4.21. The van der Waals surface area contributed by atoms with Crippen LogP contribution in [0.3, 0.4) is 0 Å². The van der Waals surface area contributed by atoms with Gasteiger partial charge < -0.3 is 9.72 Å². The number of pyridine rings is 1. The fourth-order valence-corrected chi connectivity index (χ4v) is 3.67. The zero-order chi connectivity index (χ0) is 23.5. The van der Waals surface area contributed by atoms with Crippen LogP contribution < -0.4 is 15.0 Å². The van der Waals surface area contributed by atoms with Gasteiger partial charge in [-0.1, -0.05) is 0 Å². The molecule has 0 aliphatic rings. The molecule has 0 bridgehead atoms. The third-order valence-corrected chi connectivity index (χ3v) is 5.83. The van der Waals surface area contributed by atoms with E-state index in [9.17, 15) is 22.0 Å². The van der Waals surface area contributed by atoms with Crippen LogP contribution in [0, 0.1) is 18.6 Å². The first-order valence-corrected chi connectivity index (χ1v) is 11.9. The number of nitrogens with zero attached hydrogens (tertiary/aromatic N) is 2. The van der Waals surface area contributed by atoms with Gasteiger partial charge in [0, 0.05) is 35.5 Å². The minimum atomic E-state index is -3.36. The normalized spacial score (nSPS) is 11.5. The molecule has 2 N–H and O–H groups in total. The van der Waals surface area contributed by atoms with Gasteiger partial charge in [0.05, 0.1) is 30.4 Å². The van der Waals surface area contributed by atoms with Gasteiger partial charge in [-0.2, -0.15) is 0 Å². The van der Waals surface area contributed by atoms with Crippen LogP contribution in [-0.4, -0.2) is 29.6 Å². The first-order valence-electron chi connectivity index (χ1n) is 9.26. The minimum absolute atomic E-state index is 0.00689. The second kappa shape index (κ2) is 9.84. The summed E-state index contributed by atoms with van der Waals surface area (Å²) in [6, 6.07) is 3.15. The van der Waals surface area contributed by atoms with Crippen molar-refractivity contribution in [3.05, 3.63) is 85.3 Å². The molecule has 3 aromatic rings. The number of ether oxygens (including phenoxy) is 1. The fraction of sp³-hybridized carbons (Fsp3) is 0.250. The van der Waals surface area contributed by atoms with E-state index >= 15 is 0 Å². The molecule has 0 saturated carbocycles. The molecule has 0 aliphatic carbocycles. The number of nitrogens with one attached hydrogen (secondary N) is 2. The van der Waals surface area contributed by atoms with Crippen molar-refractivity contribution in [1.29, 1.82) is 0 Å². The molecule has 0 saturated heterocycles. The van der Waals surface area contributed by atoms with Crippen LogP contribution in [0.5, 0.6) is 5.75 Å². The van der Waals surface area contributed by atoms with Gasteiger partial charge in [-0.25, -0.2) is 21.9 Å². The summed E-state index contributed by atoms with van der Waals surface area (Å²) in [5.74, 6) is -1.25. The van der Waals surface area contributed by atoms with Crippen LogP contribution in [-0.2, 0) is 29.6 Å². The van der Waals surface area contributed by atoms with Crippen molar-refractivity contribution in [2.75, 3.05) is 6.26 Å². The number of rotatable bonds is 8. The molecule has 0 unspecified atom stereocenters. The Labute approximate surface area is 191 Å². The van der Waals surface area contributed by atoms with Crippen molar-refractivity contribution in [1.82, 2.24) is 19.7 Å². The van der Waals surface area contributed by atoms with E-state index in [4.69, 9.17) is 4.74 Å². The molecule has 1 aromatic carbocycles. The molecule has 8 nitrogen and oxygen atoms in total. The predicted molar refractivity (Wildman–Crippen MR) is 117 cm³/mol. The molecule has 0 atom stereocenters. The molecule has 0 spiro atoms. The quantitative estimate of drug-likeness (QED) is 0.464. The second-order valence-electron chi connectivity index (χ2n) is 6.99. The highest BCUT2D eigenvalue weighted by molar-refractivity contribution is 9.10. The lowest BCUT2D eigenvalue weighted by molar-refractivity contribution is 0.293. The van der Waals surface area contributed by atoms with Gasteiger partial charge in [0.2, 0.25) is 10.0 Å². The molecule has 0 radical (unpaired) electrons. The van der Waals surface area contributed by atoms with Crippen LogP contribution in [0.1, 0.15) is 28.2 Å². The summed E-state index contributed by atoms with van der Waals surface area (Å²) in [5, 5.41) is 0. The number of halogens is 3. The van der Waals surface area contributed by atoms with E-state index in [2.05, 4.69) is 35.6 Å². The highest BCUT2D eigenvalue weighted by Crippen LogP contribution is 2.30. The van der Waals surface area contributed by atoms with E-state index in [0.29, 0.717) is 22.6 Å². The third-order valence-electron chi connectivity index (χ3n) is 4.45. The SMILES string of the molecule is Cc1[nH]c(=O)c(Br)c(OCc2ccc(F)cc2F)c1Cc1cnc(CNS(C)(=O)=O)cn1. The molecule has 2 aromatic heterocycles. The second-order valence-corrected chi connectivity index (χ2v) is 9.62. The van der Waals surface area contributed by atoms with Gasteiger partial charge in [0.15, 0.2) is 0 Å². The van der Waals surface area contributed by atoms with Crippen molar-refractivity contribution in [2.24, 2.45) is 0 Å². The Morgan fingerprint density at radius 3 is 2.50 bits per heavy atom. The Kier molecular flexibility index (Phi) is 7.36. The molecule has 0 fully saturated rings. The van der Waals surface area contributed by atoms with E-state index in [1.165, 1.54) is 18.5 Å². The lowest BCUT2D eigenvalue weighted by Gasteiger charge is -2.15. The maximum absolute atomic E-state index is 14.0. The van der Waals surface area contributed by atoms with Gasteiger partial charge in [-0.05, 0) is 35.0 Å². The van der Waals surface area contributed by atoms with Crippen LogP contribution in [0.4, 0.5) is 8.78 Å². The summed E-state index contributed by atoms with van der Waals surface area (Å²) in [7, 11) is -3.36. The number of aromatic nitrogens is 3. The number of benzene rings is 1. The van der Waals surface area contributed by atoms with Crippen molar-refractivity contribution in [2.45, 2.75) is 26.5 Å². The first kappa shape index (κ1) is 24.0. The Morgan fingerprint density at radius 1 is 1.19 bits per heavy atom. The van der Waals surface area contributed by atoms with Crippen molar-refractivity contribution >= 4 is 26.0 Å². The van der Waals surface area contributed by atoms with Gasteiger partial charge in [0.1, 0.15) is 28.5 Å². The van der Waals surface area contributed by atoms with Crippen LogP contribution >= 0.6 is 15.9 Å². The van der Waals surface area contributed by atoms with Crippen LogP contribution in [0.2, 0.25) is 0 Å². The highest BCUT2D eigenvalue weighted by atomic mass is 79.9. The molecule has 2 heterocycles. The van der Waals surface area contributed by atoms with E-state index in [1.807, 2.05) is 0 Å². The molecule has 3 rings (SSSR count). The standard InChI is InChI=1S/C20H19BrF2N4O4S/c1-11-16(6-14-7-25-15(8-24-14)9-26-32(2,29)30)19(18(21)20(28)27-11)31-10-12-3-4-13(22)5-17(12)23/h3-5,7-8,26H,6,9-10H2,1-2H3,(H,27,28). The molecule has 0 aliphatic heterocycles. The van der Waals surface area contributed by atoms with Crippen molar-refractivity contribution < 1.29 is 21.9 Å². The Hall–Kier alpha value is -2.70. The van der Waals surface area contributed by atoms with Crippen LogP contribution in [0.15, 0.2) is 39.9 Å². The average molecular weight is 529 g/mol. The predicted octanol–water partition coefficient (Wildman–Crippen LogP) is 2.73.